The highest BCUT2D eigenvalue weighted by Gasteiger charge is 2.15. The molecular weight excluding hydrogens is 226 g/mol. The Hall–Kier alpha value is -0.860. The van der Waals surface area contributed by atoms with Crippen LogP contribution in [0.5, 0.6) is 0 Å². The SMILES string of the molecule is CC1CCCCCCCCCCCC(=O)NC1=O. The van der Waals surface area contributed by atoms with E-state index in [1.807, 2.05) is 6.92 Å². The lowest BCUT2D eigenvalue weighted by Gasteiger charge is -2.10. The monoisotopic (exact) mass is 253 g/mol. The number of carbonyl (C=O) groups excluding carboxylic acids is 2. The van der Waals surface area contributed by atoms with Crippen LogP contribution in [0.2, 0.25) is 0 Å². The molecule has 0 aromatic rings. The number of hydrogen-bond acceptors (Lipinski definition) is 2. The molecule has 0 radical (unpaired) electrons. The molecule has 1 saturated heterocycles. The molecule has 1 aliphatic rings. The van der Waals surface area contributed by atoms with Crippen LogP contribution in [0.25, 0.3) is 0 Å². The minimum Gasteiger partial charge on any atom is -0.296 e. The van der Waals surface area contributed by atoms with Crippen molar-refractivity contribution in [1.29, 1.82) is 0 Å². The van der Waals surface area contributed by atoms with Crippen molar-refractivity contribution < 1.29 is 9.59 Å². The van der Waals surface area contributed by atoms with Gasteiger partial charge in [-0.15, -0.1) is 0 Å². The zero-order chi connectivity index (χ0) is 13.2. The van der Waals surface area contributed by atoms with Crippen LogP contribution in [0.1, 0.15) is 77.6 Å². The van der Waals surface area contributed by atoms with E-state index in [4.69, 9.17) is 0 Å². The normalized spacial score (nSPS) is 25.9. The van der Waals surface area contributed by atoms with Gasteiger partial charge in [0, 0.05) is 12.3 Å². The summed E-state index contributed by atoms with van der Waals surface area (Å²) in [5, 5.41) is 2.52. The molecule has 0 spiro atoms. The predicted molar refractivity (Wildman–Crippen MR) is 73.1 cm³/mol. The lowest BCUT2D eigenvalue weighted by molar-refractivity contribution is -0.132. The van der Waals surface area contributed by atoms with Gasteiger partial charge in [-0.05, 0) is 12.8 Å². The second kappa shape index (κ2) is 9.12. The van der Waals surface area contributed by atoms with Gasteiger partial charge in [-0.1, -0.05) is 58.3 Å². The third-order valence-electron chi connectivity index (χ3n) is 3.75. The van der Waals surface area contributed by atoms with E-state index in [2.05, 4.69) is 5.32 Å². The molecule has 0 aliphatic carbocycles. The molecule has 2 amide bonds. The third kappa shape index (κ3) is 6.77. The van der Waals surface area contributed by atoms with Crippen molar-refractivity contribution >= 4 is 11.8 Å². The Morgan fingerprint density at radius 1 is 0.833 bits per heavy atom. The van der Waals surface area contributed by atoms with E-state index in [9.17, 15) is 9.59 Å². The Morgan fingerprint density at radius 2 is 1.33 bits per heavy atom. The fourth-order valence-corrected chi connectivity index (χ4v) is 2.43. The first-order valence-electron chi connectivity index (χ1n) is 7.54. The minimum absolute atomic E-state index is 0.0286. The lowest BCUT2D eigenvalue weighted by atomic mass is 10.0. The number of nitrogens with one attached hydrogen (secondary N) is 1. The molecule has 1 N–H and O–H groups in total. The summed E-state index contributed by atoms with van der Waals surface area (Å²) in [6.07, 6.45) is 12.2. The van der Waals surface area contributed by atoms with Gasteiger partial charge in [0.15, 0.2) is 0 Å². The van der Waals surface area contributed by atoms with E-state index < -0.39 is 0 Å². The summed E-state index contributed by atoms with van der Waals surface area (Å²) in [6.45, 7) is 1.92. The highest BCUT2D eigenvalue weighted by atomic mass is 16.2. The highest BCUT2D eigenvalue weighted by Crippen LogP contribution is 2.14. The number of imide groups is 1. The van der Waals surface area contributed by atoms with Gasteiger partial charge in [-0.3, -0.25) is 14.9 Å². The van der Waals surface area contributed by atoms with Crippen molar-refractivity contribution in [3.8, 4) is 0 Å². The van der Waals surface area contributed by atoms with Gasteiger partial charge >= 0.3 is 0 Å². The largest absolute Gasteiger partial charge is 0.296 e. The van der Waals surface area contributed by atoms with Crippen molar-refractivity contribution in [2.75, 3.05) is 0 Å². The third-order valence-corrected chi connectivity index (χ3v) is 3.75. The molecule has 1 fully saturated rings. The molecule has 0 bridgehead atoms. The molecule has 1 heterocycles. The van der Waals surface area contributed by atoms with Crippen LogP contribution < -0.4 is 5.32 Å². The Labute approximate surface area is 111 Å². The van der Waals surface area contributed by atoms with Gasteiger partial charge in [0.1, 0.15) is 0 Å². The first-order valence-corrected chi connectivity index (χ1v) is 7.54. The van der Waals surface area contributed by atoms with Gasteiger partial charge in [0.25, 0.3) is 0 Å². The summed E-state index contributed by atoms with van der Waals surface area (Å²) in [7, 11) is 0. The Morgan fingerprint density at radius 3 is 1.94 bits per heavy atom. The van der Waals surface area contributed by atoms with E-state index >= 15 is 0 Å². The van der Waals surface area contributed by atoms with Gasteiger partial charge < -0.3 is 0 Å². The average Bonchev–Trinajstić information content (AvgIpc) is 2.34. The Kier molecular flexibility index (Phi) is 7.70. The molecule has 18 heavy (non-hydrogen) atoms. The van der Waals surface area contributed by atoms with Gasteiger partial charge in [-0.25, -0.2) is 0 Å². The molecule has 1 atom stereocenters. The molecule has 3 heteroatoms. The van der Waals surface area contributed by atoms with Gasteiger partial charge in [0.05, 0.1) is 0 Å². The van der Waals surface area contributed by atoms with E-state index in [0.717, 1.165) is 25.7 Å². The Balaban J connectivity index is 2.37. The topological polar surface area (TPSA) is 46.2 Å². The summed E-state index contributed by atoms with van der Waals surface area (Å²) in [5.74, 6) is -0.212. The minimum atomic E-state index is -0.0956. The second-order valence-electron chi connectivity index (χ2n) is 5.53. The zero-order valence-electron chi connectivity index (χ0n) is 11.7. The van der Waals surface area contributed by atoms with Crippen LogP contribution in [0.3, 0.4) is 0 Å². The summed E-state index contributed by atoms with van der Waals surface area (Å²) in [6, 6.07) is 0. The van der Waals surface area contributed by atoms with Crippen LogP contribution in [0.15, 0.2) is 0 Å². The molecule has 104 valence electrons. The number of carbonyl (C=O) groups is 2. The number of amides is 2. The lowest BCUT2D eigenvalue weighted by Crippen LogP contribution is -2.34. The Bertz CT molecular complexity index is 263. The summed E-state index contributed by atoms with van der Waals surface area (Å²) >= 11 is 0. The fraction of sp³-hybridized carbons (Fsp3) is 0.867. The van der Waals surface area contributed by atoms with E-state index in [1.54, 1.807) is 0 Å². The average molecular weight is 253 g/mol. The number of rotatable bonds is 0. The molecule has 1 rings (SSSR count). The van der Waals surface area contributed by atoms with Crippen molar-refractivity contribution in [3.05, 3.63) is 0 Å². The van der Waals surface area contributed by atoms with Crippen molar-refractivity contribution in [1.82, 2.24) is 5.32 Å². The van der Waals surface area contributed by atoms with Crippen LogP contribution in [-0.2, 0) is 9.59 Å². The fourth-order valence-electron chi connectivity index (χ4n) is 2.43. The van der Waals surface area contributed by atoms with Crippen LogP contribution >= 0.6 is 0 Å². The van der Waals surface area contributed by atoms with Crippen LogP contribution in [0, 0.1) is 5.92 Å². The maximum absolute atomic E-state index is 11.7. The summed E-state index contributed by atoms with van der Waals surface area (Å²) in [4.78, 5) is 23.3. The first kappa shape index (κ1) is 15.2. The van der Waals surface area contributed by atoms with Crippen molar-refractivity contribution in [2.24, 2.45) is 5.92 Å². The predicted octanol–water partition coefficient (Wildman–Crippen LogP) is 3.57. The smallest absolute Gasteiger partial charge is 0.229 e. The molecule has 0 aromatic heterocycles. The summed E-state index contributed by atoms with van der Waals surface area (Å²) in [5.41, 5.74) is 0. The van der Waals surface area contributed by atoms with Gasteiger partial charge in [-0.2, -0.15) is 0 Å². The number of hydrogen-bond donors (Lipinski definition) is 1. The quantitative estimate of drug-likeness (QED) is 0.671. The van der Waals surface area contributed by atoms with Crippen LogP contribution in [-0.4, -0.2) is 11.8 Å². The molecule has 1 unspecified atom stereocenters. The molecule has 0 aromatic carbocycles. The van der Waals surface area contributed by atoms with Gasteiger partial charge in [0.2, 0.25) is 11.8 Å². The highest BCUT2D eigenvalue weighted by molar-refractivity contribution is 5.96. The molecular formula is C15H27NO2. The van der Waals surface area contributed by atoms with Crippen molar-refractivity contribution in [2.45, 2.75) is 77.6 Å². The van der Waals surface area contributed by atoms with E-state index in [1.165, 1.54) is 38.5 Å². The maximum Gasteiger partial charge on any atom is 0.229 e. The van der Waals surface area contributed by atoms with Crippen molar-refractivity contribution in [3.63, 3.8) is 0 Å². The molecule has 0 saturated carbocycles. The standard InChI is InChI=1S/C15H27NO2/c1-13-11-9-7-5-3-2-4-6-8-10-12-14(17)16-15(13)18/h13H,2-12H2,1H3,(H,16,17,18). The first-order chi connectivity index (χ1) is 8.70. The molecule has 1 aliphatic heterocycles. The zero-order valence-corrected chi connectivity index (χ0v) is 11.7. The summed E-state index contributed by atoms with van der Waals surface area (Å²) < 4.78 is 0. The maximum atomic E-state index is 11.7. The van der Waals surface area contributed by atoms with E-state index in [0.29, 0.717) is 6.42 Å². The second-order valence-corrected chi connectivity index (χ2v) is 5.53. The molecule has 3 nitrogen and oxygen atoms in total. The van der Waals surface area contributed by atoms with E-state index in [-0.39, 0.29) is 17.7 Å². The van der Waals surface area contributed by atoms with Crippen LogP contribution in [0.4, 0.5) is 0 Å².